The van der Waals surface area contributed by atoms with Gasteiger partial charge >= 0.3 is 0 Å². The van der Waals surface area contributed by atoms with Crippen molar-refractivity contribution in [2.45, 2.75) is 24.9 Å². The molecule has 1 N–H and O–H groups in total. The van der Waals surface area contributed by atoms with Gasteiger partial charge in [-0.2, -0.15) is 5.10 Å². The molecule has 1 aromatic heterocycles. The summed E-state index contributed by atoms with van der Waals surface area (Å²) in [6.45, 7) is 0.923. The molecular formula is C19H22N4O4. The van der Waals surface area contributed by atoms with E-state index < -0.39 is 0 Å². The summed E-state index contributed by atoms with van der Waals surface area (Å²) in [5.74, 6) is 0.239. The Balaban J connectivity index is 1.54. The molecule has 0 unspecified atom stereocenters. The van der Waals surface area contributed by atoms with Crippen LogP contribution >= 0.6 is 0 Å². The highest BCUT2D eigenvalue weighted by atomic mass is 16.5. The van der Waals surface area contributed by atoms with Gasteiger partial charge in [0.05, 0.1) is 36.5 Å². The fourth-order valence-corrected chi connectivity index (χ4v) is 3.96. The molecule has 1 aliphatic carbocycles. The number of aryl methyl sites for hydroxylation is 1. The number of hydrogen-bond acceptors (Lipinski definition) is 5. The molecule has 2 heterocycles. The second kappa shape index (κ2) is 6.61. The van der Waals surface area contributed by atoms with E-state index in [-0.39, 0.29) is 29.6 Å². The molecule has 2 amide bonds. The average molecular weight is 370 g/mol. The number of aromatic hydroxyl groups is 1. The monoisotopic (exact) mass is 370 g/mol. The van der Waals surface area contributed by atoms with E-state index in [4.69, 9.17) is 4.74 Å². The molecule has 4 rings (SSSR count). The molecule has 2 aliphatic rings. The van der Waals surface area contributed by atoms with Crippen LogP contribution in [0.2, 0.25) is 0 Å². The summed E-state index contributed by atoms with van der Waals surface area (Å²) < 4.78 is 6.89. The molecule has 1 aliphatic heterocycles. The van der Waals surface area contributed by atoms with Crippen LogP contribution in [-0.4, -0.2) is 68.8 Å². The summed E-state index contributed by atoms with van der Waals surface area (Å²) in [5.41, 5.74) is 0.910. The summed E-state index contributed by atoms with van der Waals surface area (Å²) in [4.78, 5) is 29.6. The number of hydrogen-bond donors (Lipinski definition) is 1. The third-order valence-corrected chi connectivity index (χ3v) is 5.47. The van der Waals surface area contributed by atoms with Gasteiger partial charge in [-0.1, -0.05) is 0 Å². The summed E-state index contributed by atoms with van der Waals surface area (Å²) >= 11 is 0. The molecular weight excluding hydrogens is 348 g/mol. The first-order valence-electron chi connectivity index (χ1n) is 8.97. The first-order chi connectivity index (χ1) is 13.0. The smallest absolute Gasteiger partial charge is 0.258 e. The van der Waals surface area contributed by atoms with Gasteiger partial charge in [-0.25, -0.2) is 0 Å². The molecule has 0 radical (unpaired) electrons. The van der Waals surface area contributed by atoms with Crippen LogP contribution in [0.5, 0.6) is 11.5 Å². The van der Waals surface area contributed by atoms with Gasteiger partial charge in [0.1, 0.15) is 11.5 Å². The molecule has 2 fully saturated rings. The van der Waals surface area contributed by atoms with Crippen LogP contribution in [0.4, 0.5) is 0 Å². The number of phenolic OH excluding ortho intramolecular Hbond substituents is 1. The number of fused-ring (bicyclic) bond motifs is 1. The minimum atomic E-state index is -0.175. The number of amides is 2. The van der Waals surface area contributed by atoms with Crippen molar-refractivity contribution < 1.29 is 19.4 Å². The lowest BCUT2D eigenvalue weighted by atomic mass is 9.81. The van der Waals surface area contributed by atoms with Crippen molar-refractivity contribution >= 4 is 11.8 Å². The van der Waals surface area contributed by atoms with E-state index in [2.05, 4.69) is 5.10 Å². The molecule has 27 heavy (non-hydrogen) atoms. The SMILES string of the molecule is COc1ccc(O)cc1C(=O)N1CCN(C(=O)c2cnn(C)c2)[C@@H]2CC[C@H]21. The molecule has 1 saturated heterocycles. The Hall–Kier alpha value is -3.03. The van der Waals surface area contributed by atoms with Crippen molar-refractivity contribution in [2.24, 2.45) is 7.05 Å². The zero-order valence-electron chi connectivity index (χ0n) is 15.3. The molecule has 2 atom stereocenters. The maximum atomic E-state index is 13.1. The van der Waals surface area contributed by atoms with Crippen LogP contribution in [0.3, 0.4) is 0 Å². The third kappa shape index (κ3) is 2.90. The number of piperazine rings is 1. The zero-order chi connectivity index (χ0) is 19.1. The van der Waals surface area contributed by atoms with Crippen molar-refractivity contribution in [1.29, 1.82) is 0 Å². The van der Waals surface area contributed by atoms with Gasteiger partial charge in [0.2, 0.25) is 0 Å². The van der Waals surface area contributed by atoms with E-state index in [1.54, 1.807) is 35.1 Å². The highest BCUT2D eigenvalue weighted by Gasteiger charge is 2.47. The van der Waals surface area contributed by atoms with E-state index >= 15 is 0 Å². The van der Waals surface area contributed by atoms with Gasteiger partial charge in [0.25, 0.3) is 11.8 Å². The van der Waals surface area contributed by atoms with E-state index in [1.165, 1.54) is 19.2 Å². The second-order valence-electron chi connectivity index (χ2n) is 7.00. The lowest BCUT2D eigenvalue weighted by Gasteiger charge is -2.53. The topological polar surface area (TPSA) is 87.9 Å². The summed E-state index contributed by atoms with van der Waals surface area (Å²) in [5, 5.41) is 13.8. The Morgan fingerprint density at radius 3 is 2.37 bits per heavy atom. The predicted octanol–water partition coefficient (Wildman–Crippen LogP) is 1.26. The lowest BCUT2D eigenvalue weighted by molar-refractivity contribution is -0.0188. The number of phenols is 1. The summed E-state index contributed by atoms with van der Waals surface area (Å²) in [6.07, 6.45) is 5.02. The molecule has 8 heteroatoms. The predicted molar refractivity (Wildman–Crippen MR) is 96.7 cm³/mol. The Labute approximate surface area is 156 Å². The van der Waals surface area contributed by atoms with E-state index in [9.17, 15) is 14.7 Å². The van der Waals surface area contributed by atoms with Gasteiger partial charge < -0.3 is 19.6 Å². The Morgan fingerprint density at radius 1 is 1.15 bits per heavy atom. The van der Waals surface area contributed by atoms with Crippen molar-refractivity contribution in [3.8, 4) is 11.5 Å². The van der Waals surface area contributed by atoms with Crippen LogP contribution < -0.4 is 4.74 Å². The maximum absolute atomic E-state index is 13.1. The Morgan fingerprint density at radius 2 is 1.81 bits per heavy atom. The third-order valence-electron chi connectivity index (χ3n) is 5.47. The van der Waals surface area contributed by atoms with Gasteiger partial charge in [0, 0.05) is 26.3 Å². The number of methoxy groups -OCH3 is 1. The second-order valence-corrected chi connectivity index (χ2v) is 7.00. The molecule has 1 aromatic carbocycles. The fraction of sp³-hybridized carbons (Fsp3) is 0.421. The van der Waals surface area contributed by atoms with Gasteiger partial charge in [-0.15, -0.1) is 0 Å². The maximum Gasteiger partial charge on any atom is 0.258 e. The summed E-state index contributed by atoms with van der Waals surface area (Å²) in [6, 6.07) is 4.51. The first kappa shape index (κ1) is 17.4. The first-order valence-corrected chi connectivity index (χ1v) is 8.97. The lowest BCUT2D eigenvalue weighted by Crippen LogP contribution is -2.67. The number of nitrogens with zero attached hydrogens (tertiary/aromatic N) is 4. The van der Waals surface area contributed by atoms with Crippen LogP contribution in [0.15, 0.2) is 30.6 Å². The van der Waals surface area contributed by atoms with Crippen LogP contribution in [-0.2, 0) is 7.05 Å². The molecule has 2 aromatic rings. The summed E-state index contributed by atoms with van der Waals surface area (Å²) in [7, 11) is 3.28. The van der Waals surface area contributed by atoms with E-state index in [0.717, 1.165) is 12.8 Å². The average Bonchev–Trinajstić information content (AvgIpc) is 3.07. The number of benzene rings is 1. The zero-order valence-corrected chi connectivity index (χ0v) is 15.3. The molecule has 0 bridgehead atoms. The van der Waals surface area contributed by atoms with Crippen LogP contribution in [0, 0.1) is 0 Å². The van der Waals surface area contributed by atoms with Crippen molar-refractivity contribution in [1.82, 2.24) is 19.6 Å². The molecule has 8 nitrogen and oxygen atoms in total. The number of carbonyl (C=O) groups excluding carboxylic acids is 2. The van der Waals surface area contributed by atoms with E-state index in [1.807, 2.05) is 4.90 Å². The normalized spacial score (nSPS) is 21.4. The Kier molecular flexibility index (Phi) is 4.25. The van der Waals surface area contributed by atoms with Crippen molar-refractivity contribution in [3.63, 3.8) is 0 Å². The molecule has 1 saturated carbocycles. The van der Waals surface area contributed by atoms with Crippen LogP contribution in [0.1, 0.15) is 33.6 Å². The van der Waals surface area contributed by atoms with Gasteiger partial charge in [-0.05, 0) is 31.0 Å². The standard InChI is InChI=1S/C19H22N4O4/c1-21-11-12(10-20-21)18(25)22-7-8-23(16-5-4-15(16)22)19(26)14-9-13(24)3-6-17(14)27-2/h3,6,9-11,15-16,24H,4-5,7-8H2,1-2H3/t15-,16-/m1/s1. The number of rotatable bonds is 3. The number of aromatic nitrogens is 2. The highest BCUT2D eigenvalue weighted by molar-refractivity contribution is 5.98. The van der Waals surface area contributed by atoms with Crippen molar-refractivity contribution in [3.05, 3.63) is 41.7 Å². The quantitative estimate of drug-likeness (QED) is 0.879. The minimum Gasteiger partial charge on any atom is -0.508 e. The molecule has 142 valence electrons. The van der Waals surface area contributed by atoms with Gasteiger partial charge in [-0.3, -0.25) is 14.3 Å². The minimum absolute atomic E-state index is 0.0127. The van der Waals surface area contributed by atoms with Crippen LogP contribution in [0.25, 0.3) is 0 Å². The van der Waals surface area contributed by atoms with Gasteiger partial charge in [0.15, 0.2) is 0 Å². The highest BCUT2D eigenvalue weighted by Crippen LogP contribution is 2.36. The van der Waals surface area contributed by atoms with E-state index in [0.29, 0.717) is 30.0 Å². The Bertz CT molecular complexity index is 894. The molecule has 0 spiro atoms. The largest absolute Gasteiger partial charge is 0.508 e. The number of ether oxygens (including phenoxy) is 1. The number of carbonyl (C=O) groups is 2. The fourth-order valence-electron chi connectivity index (χ4n) is 3.96. The van der Waals surface area contributed by atoms with Crippen molar-refractivity contribution in [2.75, 3.05) is 20.2 Å².